The van der Waals surface area contributed by atoms with Crippen molar-refractivity contribution in [3.8, 4) is 0 Å². The average Bonchev–Trinajstić information content (AvgIpc) is 2.97. The highest BCUT2D eigenvalue weighted by atomic mass is 16.5. The second-order valence-corrected chi connectivity index (χ2v) is 4.30. The fourth-order valence-electron chi connectivity index (χ4n) is 1.89. The summed E-state index contributed by atoms with van der Waals surface area (Å²) in [7, 11) is 0. The number of carbonyl (C=O) groups excluding carboxylic acids is 1. The van der Waals surface area contributed by atoms with Crippen LogP contribution in [-0.2, 0) is 11.2 Å². The van der Waals surface area contributed by atoms with Gasteiger partial charge >= 0.3 is 0 Å². The van der Waals surface area contributed by atoms with E-state index in [9.17, 15) is 4.79 Å². The van der Waals surface area contributed by atoms with Crippen LogP contribution in [0.4, 0.5) is 5.82 Å². The zero-order valence-corrected chi connectivity index (χ0v) is 10.3. The molecule has 3 rings (SSSR count). The summed E-state index contributed by atoms with van der Waals surface area (Å²) < 4.78 is 4.88. The van der Waals surface area contributed by atoms with E-state index in [1.165, 1.54) is 0 Å². The molecule has 0 fully saturated rings. The molecule has 2 aromatic heterocycles. The molecule has 0 bridgehead atoms. The van der Waals surface area contributed by atoms with Crippen molar-refractivity contribution in [3.05, 3.63) is 41.9 Å². The molecule has 0 unspecified atom stereocenters. The quantitative estimate of drug-likeness (QED) is 0.751. The number of aromatic amines is 1. The number of imidazole rings is 1. The fraction of sp³-hybridized carbons (Fsp3) is 0.154. The van der Waals surface area contributed by atoms with Crippen LogP contribution in [0.5, 0.6) is 0 Å². The van der Waals surface area contributed by atoms with Crippen LogP contribution in [0.2, 0.25) is 0 Å². The van der Waals surface area contributed by atoms with Gasteiger partial charge in [-0.15, -0.1) is 0 Å². The van der Waals surface area contributed by atoms with Gasteiger partial charge in [0.05, 0.1) is 23.8 Å². The van der Waals surface area contributed by atoms with Gasteiger partial charge in [0, 0.05) is 6.07 Å². The summed E-state index contributed by atoms with van der Waals surface area (Å²) in [6.45, 7) is 1.77. The summed E-state index contributed by atoms with van der Waals surface area (Å²) in [5.74, 6) is 0.964. The number of rotatable bonds is 3. The van der Waals surface area contributed by atoms with E-state index in [0.29, 0.717) is 11.6 Å². The first kappa shape index (κ1) is 11.5. The van der Waals surface area contributed by atoms with Crippen molar-refractivity contribution < 1.29 is 9.32 Å². The molecule has 19 heavy (non-hydrogen) atoms. The van der Waals surface area contributed by atoms with Crippen LogP contribution >= 0.6 is 0 Å². The number of H-pyrrole nitrogens is 1. The lowest BCUT2D eigenvalue weighted by atomic mass is 10.1. The molecule has 6 heteroatoms. The van der Waals surface area contributed by atoms with Gasteiger partial charge in [-0.05, 0) is 24.6 Å². The Balaban J connectivity index is 1.71. The van der Waals surface area contributed by atoms with Crippen LogP contribution in [0.15, 0.2) is 35.1 Å². The predicted octanol–water partition coefficient (Wildman–Crippen LogP) is 2.04. The largest absolute Gasteiger partial charge is 0.360 e. The summed E-state index contributed by atoms with van der Waals surface area (Å²) in [6, 6.07) is 7.36. The summed E-state index contributed by atoms with van der Waals surface area (Å²) in [6.07, 6.45) is 1.91. The molecule has 1 amide bonds. The molecule has 2 N–H and O–H groups in total. The predicted molar refractivity (Wildman–Crippen MR) is 69.7 cm³/mol. The lowest BCUT2D eigenvalue weighted by Crippen LogP contribution is -2.14. The van der Waals surface area contributed by atoms with Crippen LogP contribution in [0.1, 0.15) is 11.3 Å². The van der Waals surface area contributed by atoms with Crippen molar-refractivity contribution in [2.45, 2.75) is 13.3 Å². The van der Waals surface area contributed by atoms with Crippen molar-refractivity contribution in [2.75, 3.05) is 5.32 Å². The van der Waals surface area contributed by atoms with Crippen molar-refractivity contribution >= 4 is 22.8 Å². The van der Waals surface area contributed by atoms with Crippen molar-refractivity contribution in [1.29, 1.82) is 0 Å². The number of aromatic nitrogens is 3. The molecule has 3 aromatic rings. The van der Waals surface area contributed by atoms with Crippen LogP contribution in [-0.4, -0.2) is 21.0 Å². The van der Waals surface area contributed by atoms with Crippen molar-refractivity contribution in [2.24, 2.45) is 0 Å². The fourth-order valence-corrected chi connectivity index (χ4v) is 1.89. The Hall–Kier alpha value is -2.63. The number of fused-ring (bicyclic) bond motifs is 1. The minimum atomic E-state index is -0.132. The van der Waals surface area contributed by atoms with E-state index >= 15 is 0 Å². The Morgan fingerprint density at radius 3 is 3.11 bits per heavy atom. The number of hydrogen-bond acceptors (Lipinski definition) is 4. The third-order valence-electron chi connectivity index (χ3n) is 2.74. The lowest BCUT2D eigenvalue weighted by molar-refractivity contribution is -0.115. The Morgan fingerprint density at radius 2 is 2.32 bits per heavy atom. The zero-order valence-electron chi connectivity index (χ0n) is 10.3. The van der Waals surface area contributed by atoms with Crippen LogP contribution in [0.3, 0.4) is 0 Å². The summed E-state index contributed by atoms with van der Waals surface area (Å²) in [5, 5.41) is 6.40. The average molecular weight is 256 g/mol. The standard InChI is InChI=1S/C13H12N4O2/c1-8-4-12(17-19-8)16-13(18)6-9-2-3-10-11(5-9)15-7-14-10/h2-5,7H,6H2,1H3,(H,14,15)(H,16,17,18). The topological polar surface area (TPSA) is 83.8 Å². The molecule has 0 saturated carbocycles. The van der Waals surface area contributed by atoms with Crippen molar-refractivity contribution in [1.82, 2.24) is 15.1 Å². The van der Waals surface area contributed by atoms with Gasteiger partial charge in [0.1, 0.15) is 5.76 Å². The Bertz CT molecular complexity index is 729. The molecule has 0 saturated heterocycles. The number of benzene rings is 1. The number of aryl methyl sites for hydroxylation is 1. The first-order chi connectivity index (χ1) is 9.20. The Morgan fingerprint density at radius 1 is 1.42 bits per heavy atom. The molecule has 2 heterocycles. The van der Waals surface area contributed by atoms with Gasteiger partial charge in [0.15, 0.2) is 5.82 Å². The van der Waals surface area contributed by atoms with E-state index in [2.05, 4.69) is 20.4 Å². The van der Waals surface area contributed by atoms with Gasteiger partial charge < -0.3 is 14.8 Å². The number of amides is 1. The lowest BCUT2D eigenvalue weighted by Gasteiger charge is -2.01. The van der Waals surface area contributed by atoms with E-state index in [1.54, 1.807) is 19.3 Å². The number of hydrogen-bond donors (Lipinski definition) is 2. The number of carbonyl (C=O) groups is 1. The molecule has 0 aliphatic carbocycles. The zero-order chi connectivity index (χ0) is 13.2. The second-order valence-electron chi connectivity index (χ2n) is 4.30. The highest BCUT2D eigenvalue weighted by molar-refractivity contribution is 5.92. The monoisotopic (exact) mass is 256 g/mol. The van der Waals surface area contributed by atoms with E-state index in [-0.39, 0.29) is 12.3 Å². The van der Waals surface area contributed by atoms with Gasteiger partial charge in [-0.1, -0.05) is 11.2 Å². The van der Waals surface area contributed by atoms with Gasteiger partial charge in [-0.25, -0.2) is 4.98 Å². The van der Waals surface area contributed by atoms with E-state index in [4.69, 9.17) is 4.52 Å². The van der Waals surface area contributed by atoms with Gasteiger partial charge in [0.2, 0.25) is 5.91 Å². The number of nitrogens with one attached hydrogen (secondary N) is 2. The van der Waals surface area contributed by atoms with Crippen molar-refractivity contribution in [3.63, 3.8) is 0 Å². The van der Waals surface area contributed by atoms with Gasteiger partial charge in [-0.2, -0.15) is 0 Å². The molecule has 96 valence electrons. The molecular formula is C13H12N4O2. The highest BCUT2D eigenvalue weighted by Gasteiger charge is 2.08. The minimum Gasteiger partial charge on any atom is -0.360 e. The first-order valence-electron chi connectivity index (χ1n) is 5.86. The maximum atomic E-state index is 11.8. The Kier molecular flexibility index (Phi) is 2.75. The molecular weight excluding hydrogens is 244 g/mol. The summed E-state index contributed by atoms with van der Waals surface area (Å²) in [4.78, 5) is 19.0. The minimum absolute atomic E-state index is 0.132. The number of anilines is 1. The molecule has 0 aliphatic heterocycles. The first-order valence-corrected chi connectivity index (χ1v) is 5.86. The van der Waals surface area contributed by atoms with Crippen LogP contribution in [0, 0.1) is 6.92 Å². The molecule has 0 aliphatic rings. The molecule has 1 aromatic carbocycles. The normalized spacial score (nSPS) is 10.8. The highest BCUT2D eigenvalue weighted by Crippen LogP contribution is 2.13. The van der Waals surface area contributed by atoms with Crippen LogP contribution < -0.4 is 5.32 Å². The van der Waals surface area contributed by atoms with E-state index in [0.717, 1.165) is 16.6 Å². The summed E-state index contributed by atoms with van der Waals surface area (Å²) in [5.41, 5.74) is 2.72. The second kappa shape index (κ2) is 4.56. The maximum absolute atomic E-state index is 11.8. The van der Waals surface area contributed by atoms with E-state index < -0.39 is 0 Å². The molecule has 6 nitrogen and oxygen atoms in total. The van der Waals surface area contributed by atoms with E-state index in [1.807, 2.05) is 18.2 Å². The van der Waals surface area contributed by atoms with Gasteiger partial charge in [0.25, 0.3) is 0 Å². The SMILES string of the molecule is Cc1cc(NC(=O)Cc2ccc3nc[nH]c3c2)no1. The summed E-state index contributed by atoms with van der Waals surface area (Å²) >= 11 is 0. The van der Waals surface area contributed by atoms with Crippen LogP contribution in [0.25, 0.3) is 11.0 Å². The molecule has 0 radical (unpaired) electrons. The maximum Gasteiger partial charge on any atom is 0.230 e. The smallest absolute Gasteiger partial charge is 0.230 e. The van der Waals surface area contributed by atoms with Gasteiger partial charge in [-0.3, -0.25) is 4.79 Å². The number of nitrogens with zero attached hydrogens (tertiary/aromatic N) is 2. The Labute approximate surface area is 108 Å². The third kappa shape index (κ3) is 2.47. The third-order valence-corrected chi connectivity index (χ3v) is 2.74. The molecule has 0 spiro atoms. The molecule has 0 atom stereocenters.